The molecule has 1 heterocycles. The van der Waals surface area contributed by atoms with Crippen LogP contribution in [0.2, 0.25) is 0 Å². The lowest BCUT2D eigenvalue weighted by Crippen LogP contribution is -2.10. The van der Waals surface area contributed by atoms with Crippen molar-refractivity contribution >= 4 is 22.6 Å². The van der Waals surface area contributed by atoms with Gasteiger partial charge in [-0.25, -0.2) is 0 Å². The van der Waals surface area contributed by atoms with Gasteiger partial charge in [0.2, 0.25) is 0 Å². The Morgan fingerprint density at radius 2 is 2.06 bits per heavy atom. The maximum Gasteiger partial charge on any atom is 0.0768 e. The fourth-order valence-electron chi connectivity index (χ4n) is 1.89. The van der Waals surface area contributed by atoms with Crippen LogP contribution in [0.25, 0.3) is 0 Å². The van der Waals surface area contributed by atoms with Crippen molar-refractivity contribution in [2.24, 2.45) is 0 Å². The number of hydrogen-bond acceptors (Lipinski definition) is 1. The lowest BCUT2D eigenvalue weighted by molar-refractivity contribution is 0.484. The first kappa shape index (κ1) is 11.6. The molecule has 0 aliphatic rings. The highest BCUT2D eigenvalue weighted by Gasteiger charge is 2.12. The zero-order chi connectivity index (χ0) is 11.4. The van der Waals surface area contributed by atoms with Crippen LogP contribution in [-0.4, -0.2) is 9.78 Å². The molecule has 1 unspecified atom stereocenters. The predicted molar refractivity (Wildman–Crippen MR) is 74.4 cm³/mol. The maximum atomic E-state index is 4.42. The van der Waals surface area contributed by atoms with Gasteiger partial charge in [0.1, 0.15) is 0 Å². The van der Waals surface area contributed by atoms with Crippen molar-refractivity contribution in [3.05, 3.63) is 51.9 Å². The van der Waals surface area contributed by atoms with Gasteiger partial charge in [-0.1, -0.05) is 43.7 Å². The molecular weight excluding hydrogens is 311 g/mol. The Kier molecular flexibility index (Phi) is 3.98. The number of aromatic nitrogens is 2. The summed E-state index contributed by atoms with van der Waals surface area (Å²) in [6.07, 6.45) is 6.30. The molecule has 0 radical (unpaired) electrons. The van der Waals surface area contributed by atoms with E-state index in [1.165, 1.54) is 9.13 Å². The molecule has 0 aliphatic carbocycles. The van der Waals surface area contributed by atoms with Crippen molar-refractivity contribution in [1.82, 2.24) is 9.78 Å². The fraction of sp³-hybridized carbons (Fsp3) is 0.308. The van der Waals surface area contributed by atoms with Gasteiger partial charge in [0.15, 0.2) is 0 Å². The number of benzene rings is 1. The average Bonchev–Trinajstić information content (AvgIpc) is 2.74. The molecular formula is C13H15IN2. The van der Waals surface area contributed by atoms with Gasteiger partial charge in [-0.15, -0.1) is 0 Å². The van der Waals surface area contributed by atoms with E-state index in [9.17, 15) is 0 Å². The number of nitrogens with zero attached hydrogens (tertiary/aromatic N) is 2. The molecule has 0 saturated heterocycles. The molecule has 2 rings (SSSR count). The highest BCUT2D eigenvalue weighted by atomic mass is 127. The van der Waals surface area contributed by atoms with Crippen molar-refractivity contribution in [2.75, 3.05) is 0 Å². The Labute approximate surface area is 110 Å². The van der Waals surface area contributed by atoms with E-state index in [1.807, 2.05) is 6.20 Å². The van der Waals surface area contributed by atoms with Crippen LogP contribution < -0.4 is 0 Å². The molecule has 0 aliphatic heterocycles. The summed E-state index contributed by atoms with van der Waals surface area (Å²) in [6, 6.07) is 11.0. The first-order chi connectivity index (χ1) is 7.81. The molecule has 0 saturated carbocycles. The second-order valence-corrected chi connectivity index (χ2v) is 5.10. The van der Waals surface area contributed by atoms with Gasteiger partial charge in [-0.2, -0.15) is 5.10 Å². The third kappa shape index (κ3) is 2.64. The first-order valence-electron chi connectivity index (χ1n) is 5.56. The number of rotatable bonds is 4. The Balaban J connectivity index is 2.31. The smallest absolute Gasteiger partial charge is 0.0768 e. The Morgan fingerprint density at radius 3 is 2.62 bits per heavy atom. The Hall–Kier alpha value is -0.840. The molecule has 0 amide bonds. The van der Waals surface area contributed by atoms with Gasteiger partial charge in [-0.3, -0.25) is 4.68 Å². The first-order valence-corrected chi connectivity index (χ1v) is 6.63. The molecule has 2 nitrogen and oxygen atoms in total. The van der Waals surface area contributed by atoms with E-state index in [0.29, 0.717) is 6.04 Å². The van der Waals surface area contributed by atoms with Gasteiger partial charge in [0, 0.05) is 6.20 Å². The molecule has 1 atom stereocenters. The summed E-state index contributed by atoms with van der Waals surface area (Å²) in [5.74, 6) is 0. The molecule has 3 heteroatoms. The van der Waals surface area contributed by atoms with Crippen LogP contribution in [0.15, 0.2) is 42.7 Å². The maximum absolute atomic E-state index is 4.42. The van der Waals surface area contributed by atoms with E-state index >= 15 is 0 Å². The fourth-order valence-corrected chi connectivity index (χ4v) is 2.30. The third-order valence-electron chi connectivity index (χ3n) is 2.64. The normalized spacial score (nSPS) is 12.6. The zero-order valence-corrected chi connectivity index (χ0v) is 11.5. The summed E-state index contributed by atoms with van der Waals surface area (Å²) in [5, 5.41) is 4.42. The minimum atomic E-state index is 0.370. The minimum Gasteiger partial charge on any atom is -0.264 e. The van der Waals surface area contributed by atoms with Crippen LogP contribution in [-0.2, 0) is 0 Å². The number of hydrogen-bond donors (Lipinski definition) is 0. The topological polar surface area (TPSA) is 17.8 Å². The van der Waals surface area contributed by atoms with Crippen LogP contribution in [0.1, 0.15) is 31.4 Å². The average molecular weight is 326 g/mol. The predicted octanol–water partition coefficient (Wildman–Crippen LogP) is 3.88. The standard InChI is InChI=1S/C13H15IN2/c1-2-6-13(11-7-4-3-5-8-11)16-10-12(14)9-15-16/h3-5,7-10,13H,2,6H2,1H3. The van der Waals surface area contributed by atoms with Gasteiger partial charge < -0.3 is 0 Å². The van der Waals surface area contributed by atoms with E-state index < -0.39 is 0 Å². The van der Waals surface area contributed by atoms with Gasteiger partial charge in [0.05, 0.1) is 15.8 Å². The van der Waals surface area contributed by atoms with Gasteiger partial charge in [-0.05, 0) is 34.6 Å². The van der Waals surface area contributed by atoms with Crippen molar-refractivity contribution < 1.29 is 0 Å². The van der Waals surface area contributed by atoms with Gasteiger partial charge >= 0.3 is 0 Å². The van der Waals surface area contributed by atoms with Crippen molar-refractivity contribution in [1.29, 1.82) is 0 Å². The summed E-state index contributed by atoms with van der Waals surface area (Å²) < 4.78 is 3.26. The van der Waals surface area contributed by atoms with Crippen LogP contribution in [0, 0.1) is 3.57 Å². The van der Waals surface area contributed by atoms with Crippen molar-refractivity contribution in [3.8, 4) is 0 Å². The summed E-state index contributed by atoms with van der Waals surface area (Å²) in [7, 11) is 0. The second kappa shape index (κ2) is 5.48. The summed E-state index contributed by atoms with van der Waals surface area (Å²) >= 11 is 2.30. The van der Waals surface area contributed by atoms with E-state index in [1.54, 1.807) is 0 Å². The highest BCUT2D eigenvalue weighted by molar-refractivity contribution is 14.1. The van der Waals surface area contributed by atoms with E-state index in [4.69, 9.17) is 0 Å². The molecule has 84 valence electrons. The summed E-state index contributed by atoms with van der Waals surface area (Å²) in [5.41, 5.74) is 1.34. The molecule has 0 spiro atoms. The Bertz CT molecular complexity index is 436. The zero-order valence-electron chi connectivity index (χ0n) is 9.31. The second-order valence-electron chi connectivity index (χ2n) is 3.85. The third-order valence-corrected chi connectivity index (χ3v) is 3.19. The SMILES string of the molecule is CCCC(c1ccccc1)n1cc(I)cn1. The lowest BCUT2D eigenvalue weighted by Gasteiger charge is -2.17. The van der Waals surface area contributed by atoms with E-state index in [2.05, 4.69) is 75.8 Å². The largest absolute Gasteiger partial charge is 0.264 e. The monoisotopic (exact) mass is 326 g/mol. The van der Waals surface area contributed by atoms with Crippen LogP contribution in [0.3, 0.4) is 0 Å². The summed E-state index contributed by atoms with van der Waals surface area (Å²) in [4.78, 5) is 0. The van der Waals surface area contributed by atoms with Crippen molar-refractivity contribution in [3.63, 3.8) is 0 Å². The van der Waals surface area contributed by atoms with E-state index in [0.717, 1.165) is 12.8 Å². The molecule has 0 bridgehead atoms. The van der Waals surface area contributed by atoms with E-state index in [-0.39, 0.29) is 0 Å². The minimum absolute atomic E-state index is 0.370. The highest BCUT2D eigenvalue weighted by Crippen LogP contribution is 2.23. The van der Waals surface area contributed by atoms with Gasteiger partial charge in [0.25, 0.3) is 0 Å². The molecule has 1 aromatic heterocycles. The molecule has 1 aromatic carbocycles. The molecule has 16 heavy (non-hydrogen) atoms. The molecule has 2 aromatic rings. The number of halogens is 1. The van der Waals surface area contributed by atoms with Crippen molar-refractivity contribution in [2.45, 2.75) is 25.8 Å². The van der Waals surface area contributed by atoms with Crippen LogP contribution in [0.4, 0.5) is 0 Å². The summed E-state index contributed by atoms with van der Waals surface area (Å²) in [6.45, 7) is 2.21. The van der Waals surface area contributed by atoms with Crippen LogP contribution >= 0.6 is 22.6 Å². The molecule has 0 fully saturated rings. The quantitative estimate of drug-likeness (QED) is 0.780. The Morgan fingerprint density at radius 1 is 1.31 bits per heavy atom. The van der Waals surface area contributed by atoms with Crippen LogP contribution in [0.5, 0.6) is 0 Å². The lowest BCUT2D eigenvalue weighted by atomic mass is 10.0. The molecule has 0 N–H and O–H groups in total.